The first-order chi connectivity index (χ1) is 9.10. The summed E-state index contributed by atoms with van der Waals surface area (Å²) in [7, 11) is 0. The van der Waals surface area contributed by atoms with E-state index in [0.717, 1.165) is 45.6 Å². The van der Waals surface area contributed by atoms with E-state index in [1.165, 1.54) is 0 Å². The maximum atomic E-state index is 12.3. The Morgan fingerprint density at radius 2 is 1.95 bits per heavy atom. The Hall–Kier alpha value is -0.650. The Morgan fingerprint density at radius 1 is 1.26 bits per heavy atom. The van der Waals surface area contributed by atoms with Crippen LogP contribution in [0.3, 0.4) is 0 Å². The van der Waals surface area contributed by atoms with Crippen molar-refractivity contribution in [3.63, 3.8) is 0 Å². The fraction of sp³-hybridized carbons (Fsp3) is 0.929. The topological polar surface area (TPSA) is 58.8 Å². The Morgan fingerprint density at radius 3 is 2.47 bits per heavy atom. The molecule has 2 rings (SSSR count). The van der Waals surface area contributed by atoms with E-state index in [-0.39, 0.29) is 18.1 Å². The van der Waals surface area contributed by atoms with Crippen LogP contribution >= 0.6 is 0 Å². The van der Waals surface area contributed by atoms with Gasteiger partial charge in [0.15, 0.2) is 0 Å². The maximum absolute atomic E-state index is 12.3. The van der Waals surface area contributed by atoms with Crippen molar-refractivity contribution < 1.29 is 9.53 Å². The fourth-order valence-corrected chi connectivity index (χ4v) is 2.93. The predicted molar refractivity (Wildman–Crippen MR) is 74.8 cm³/mol. The Labute approximate surface area is 116 Å². The lowest BCUT2D eigenvalue weighted by Crippen LogP contribution is -2.52. The molecule has 0 aromatic heterocycles. The van der Waals surface area contributed by atoms with Gasteiger partial charge in [0, 0.05) is 39.3 Å². The number of ether oxygens (including phenoxy) is 1. The van der Waals surface area contributed by atoms with Gasteiger partial charge in [-0.1, -0.05) is 13.8 Å². The van der Waals surface area contributed by atoms with E-state index in [0.29, 0.717) is 12.5 Å². The third kappa shape index (κ3) is 3.91. The van der Waals surface area contributed by atoms with E-state index in [1.54, 1.807) is 0 Å². The van der Waals surface area contributed by atoms with Gasteiger partial charge >= 0.3 is 0 Å². The largest absolute Gasteiger partial charge is 0.364 e. The van der Waals surface area contributed by atoms with Gasteiger partial charge in [0.25, 0.3) is 5.91 Å². The zero-order chi connectivity index (χ0) is 13.8. The molecule has 2 atom stereocenters. The van der Waals surface area contributed by atoms with Crippen molar-refractivity contribution in [1.82, 2.24) is 9.80 Å². The number of nitrogens with zero attached hydrogens (tertiary/aromatic N) is 2. The van der Waals surface area contributed by atoms with Gasteiger partial charge < -0.3 is 15.4 Å². The van der Waals surface area contributed by atoms with Crippen LogP contribution in [0.15, 0.2) is 0 Å². The first-order valence-electron chi connectivity index (χ1n) is 7.46. The van der Waals surface area contributed by atoms with Gasteiger partial charge in [0.1, 0.15) is 6.10 Å². The molecule has 0 aromatic rings. The number of hydrogen-bond donors (Lipinski definition) is 1. The van der Waals surface area contributed by atoms with Crippen LogP contribution in [0.5, 0.6) is 0 Å². The first kappa shape index (κ1) is 14.8. The molecule has 0 unspecified atom stereocenters. The molecule has 1 amide bonds. The van der Waals surface area contributed by atoms with Gasteiger partial charge in [-0.2, -0.15) is 0 Å². The van der Waals surface area contributed by atoms with Crippen LogP contribution in [-0.2, 0) is 9.53 Å². The predicted octanol–water partition coefficient (Wildman–Crippen LogP) is 0.293. The summed E-state index contributed by atoms with van der Waals surface area (Å²) in [5.74, 6) is 0.853. The second-order valence-corrected chi connectivity index (χ2v) is 6.08. The third-order valence-corrected chi connectivity index (χ3v) is 3.95. The second-order valence-electron chi connectivity index (χ2n) is 6.08. The van der Waals surface area contributed by atoms with E-state index >= 15 is 0 Å². The van der Waals surface area contributed by atoms with Crippen molar-refractivity contribution in [2.75, 3.05) is 39.3 Å². The lowest BCUT2D eigenvalue weighted by molar-refractivity contribution is -0.144. The molecular weight excluding hydrogens is 242 g/mol. The number of nitrogens with two attached hydrogens (primary N) is 1. The second kappa shape index (κ2) is 6.68. The number of carbonyl (C=O) groups excluding carboxylic acids is 1. The fourth-order valence-electron chi connectivity index (χ4n) is 2.93. The summed E-state index contributed by atoms with van der Waals surface area (Å²) in [6.07, 6.45) is 1.58. The molecule has 2 N–H and O–H groups in total. The lowest BCUT2D eigenvalue weighted by atomic mass is 10.1. The molecule has 5 heteroatoms. The van der Waals surface area contributed by atoms with Gasteiger partial charge in [-0.05, 0) is 18.8 Å². The van der Waals surface area contributed by atoms with Gasteiger partial charge in [-0.3, -0.25) is 9.69 Å². The maximum Gasteiger partial charge on any atom is 0.251 e. The van der Waals surface area contributed by atoms with Gasteiger partial charge in [0.2, 0.25) is 0 Å². The minimum atomic E-state index is -0.245. The summed E-state index contributed by atoms with van der Waals surface area (Å²) in [6.45, 7) is 9.74. The van der Waals surface area contributed by atoms with E-state index in [4.69, 9.17) is 10.5 Å². The van der Waals surface area contributed by atoms with Crippen LogP contribution in [0, 0.1) is 5.92 Å². The van der Waals surface area contributed by atoms with Crippen molar-refractivity contribution in [2.24, 2.45) is 11.7 Å². The van der Waals surface area contributed by atoms with E-state index in [9.17, 15) is 4.79 Å². The van der Waals surface area contributed by atoms with Gasteiger partial charge in [-0.25, -0.2) is 0 Å². The average molecular weight is 269 g/mol. The standard InChI is InChI=1S/C14H27N3O2/c1-11(2)10-16-5-7-17(8-6-16)14(18)13-4-3-12(9-15)19-13/h11-13H,3-10,15H2,1-2H3/t12-,13+/m1/s1. The highest BCUT2D eigenvalue weighted by Crippen LogP contribution is 2.21. The smallest absolute Gasteiger partial charge is 0.251 e. The van der Waals surface area contributed by atoms with Crippen molar-refractivity contribution in [3.8, 4) is 0 Å². The molecule has 110 valence electrons. The van der Waals surface area contributed by atoms with Gasteiger partial charge in [0.05, 0.1) is 6.10 Å². The third-order valence-electron chi connectivity index (χ3n) is 3.95. The molecule has 19 heavy (non-hydrogen) atoms. The SMILES string of the molecule is CC(C)CN1CCN(C(=O)[C@@H]2CC[C@H](CN)O2)CC1. The Kier molecular flexibility index (Phi) is 5.19. The number of amides is 1. The summed E-state index contributed by atoms with van der Waals surface area (Å²) in [4.78, 5) is 16.7. The van der Waals surface area contributed by atoms with E-state index < -0.39 is 0 Å². The van der Waals surface area contributed by atoms with Crippen LogP contribution in [0.25, 0.3) is 0 Å². The van der Waals surface area contributed by atoms with Crippen molar-refractivity contribution in [3.05, 3.63) is 0 Å². The van der Waals surface area contributed by atoms with Crippen LogP contribution in [0.4, 0.5) is 0 Å². The summed E-state index contributed by atoms with van der Waals surface area (Å²) < 4.78 is 5.69. The van der Waals surface area contributed by atoms with Crippen LogP contribution in [0.2, 0.25) is 0 Å². The average Bonchev–Trinajstić information content (AvgIpc) is 2.87. The summed E-state index contributed by atoms with van der Waals surface area (Å²) in [6, 6.07) is 0. The van der Waals surface area contributed by atoms with Crippen LogP contribution in [0.1, 0.15) is 26.7 Å². The minimum absolute atomic E-state index is 0.0798. The molecule has 2 heterocycles. The monoisotopic (exact) mass is 269 g/mol. The van der Waals surface area contributed by atoms with Crippen molar-refractivity contribution in [2.45, 2.75) is 38.9 Å². The molecule has 0 bridgehead atoms. The normalized spacial score (nSPS) is 29.2. The van der Waals surface area contributed by atoms with Crippen molar-refractivity contribution in [1.29, 1.82) is 0 Å². The first-order valence-corrected chi connectivity index (χ1v) is 7.46. The quantitative estimate of drug-likeness (QED) is 0.797. The molecule has 2 fully saturated rings. The molecule has 2 aliphatic heterocycles. The molecule has 2 aliphatic rings. The minimum Gasteiger partial charge on any atom is -0.364 e. The molecule has 5 nitrogen and oxygen atoms in total. The molecular formula is C14H27N3O2. The molecule has 2 saturated heterocycles. The summed E-state index contributed by atoms with van der Waals surface area (Å²) in [5, 5.41) is 0. The summed E-state index contributed by atoms with van der Waals surface area (Å²) >= 11 is 0. The zero-order valence-electron chi connectivity index (χ0n) is 12.2. The molecule has 0 aromatic carbocycles. The number of carbonyl (C=O) groups is 1. The number of piperazine rings is 1. The highest BCUT2D eigenvalue weighted by molar-refractivity contribution is 5.81. The Bertz CT molecular complexity index is 301. The summed E-state index contributed by atoms with van der Waals surface area (Å²) in [5.41, 5.74) is 5.58. The molecule has 0 radical (unpaired) electrons. The highest BCUT2D eigenvalue weighted by atomic mass is 16.5. The lowest BCUT2D eigenvalue weighted by Gasteiger charge is -2.36. The van der Waals surface area contributed by atoms with Crippen LogP contribution < -0.4 is 5.73 Å². The molecule has 0 spiro atoms. The molecule has 0 aliphatic carbocycles. The zero-order valence-corrected chi connectivity index (χ0v) is 12.2. The van der Waals surface area contributed by atoms with E-state index in [2.05, 4.69) is 18.7 Å². The number of hydrogen-bond acceptors (Lipinski definition) is 4. The van der Waals surface area contributed by atoms with Crippen molar-refractivity contribution >= 4 is 5.91 Å². The molecule has 0 saturated carbocycles. The Balaban J connectivity index is 1.76. The number of rotatable bonds is 4. The van der Waals surface area contributed by atoms with Crippen LogP contribution in [-0.4, -0.2) is 67.2 Å². The van der Waals surface area contributed by atoms with E-state index in [1.807, 2.05) is 4.90 Å². The highest BCUT2D eigenvalue weighted by Gasteiger charge is 2.33. The van der Waals surface area contributed by atoms with Gasteiger partial charge in [-0.15, -0.1) is 0 Å².